The fraction of sp³-hybridized carbons (Fsp3) is 0.471. The highest BCUT2D eigenvalue weighted by Crippen LogP contribution is 2.17. The average molecular weight is 318 g/mol. The van der Waals surface area contributed by atoms with Crippen LogP contribution in [0.2, 0.25) is 0 Å². The van der Waals surface area contributed by atoms with Gasteiger partial charge in [-0.2, -0.15) is 5.10 Å². The van der Waals surface area contributed by atoms with Crippen molar-refractivity contribution in [2.24, 2.45) is 0 Å². The number of nitrogens with one attached hydrogen (secondary N) is 1. The van der Waals surface area contributed by atoms with Crippen molar-refractivity contribution < 1.29 is 9.18 Å². The lowest BCUT2D eigenvalue weighted by Crippen LogP contribution is -2.33. The minimum atomic E-state index is -0.279. The number of hydrogen-bond acceptors (Lipinski definition) is 3. The van der Waals surface area contributed by atoms with Gasteiger partial charge in [0.2, 0.25) is 5.91 Å². The van der Waals surface area contributed by atoms with Gasteiger partial charge in [-0.3, -0.25) is 4.79 Å². The Morgan fingerprint density at radius 1 is 1.35 bits per heavy atom. The lowest BCUT2D eigenvalue weighted by molar-refractivity contribution is -0.119. The molecule has 0 bridgehead atoms. The number of aromatic nitrogens is 3. The molecule has 1 atom stereocenters. The molecule has 0 saturated carbocycles. The van der Waals surface area contributed by atoms with Crippen LogP contribution in [0.1, 0.15) is 39.4 Å². The number of unbranched alkanes of at least 4 members (excludes halogenated alkanes) is 1. The fourth-order valence-corrected chi connectivity index (χ4v) is 2.41. The summed E-state index contributed by atoms with van der Waals surface area (Å²) in [4.78, 5) is 15.8. The monoisotopic (exact) mass is 318 g/mol. The van der Waals surface area contributed by atoms with Crippen molar-refractivity contribution in [3.05, 3.63) is 35.9 Å². The Balaban J connectivity index is 2.24. The molecule has 2 aromatic rings. The zero-order chi connectivity index (χ0) is 16.8. The van der Waals surface area contributed by atoms with E-state index in [2.05, 4.69) is 22.3 Å². The van der Waals surface area contributed by atoms with Crippen molar-refractivity contribution >= 4 is 5.91 Å². The third kappa shape index (κ3) is 4.87. The quantitative estimate of drug-likeness (QED) is 0.854. The highest BCUT2D eigenvalue weighted by atomic mass is 19.1. The number of benzene rings is 1. The van der Waals surface area contributed by atoms with E-state index >= 15 is 0 Å². The van der Waals surface area contributed by atoms with Gasteiger partial charge < -0.3 is 5.32 Å². The van der Waals surface area contributed by atoms with Gasteiger partial charge >= 0.3 is 0 Å². The molecule has 5 nitrogen and oxygen atoms in total. The SMILES string of the molecule is CCCCn1nc(-c2ccc(F)cc2)nc1CC(C)NC(C)=O. The summed E-state index contributed by atoms with van der Waals surface area (Å²) in [5.74, 6) is 1.08. The van der Waals surface area contributed by atoms with Crippen LogP contribution in [0.3, 0.4) is 0 Å². The molecule has 0 spiro atoms. The molecule has 1 amide bonds. The maximum absolute atomic E-state index is 13.1. The number of hydrogen-bond donors (Lipinski definition) is 1. The number of rotatable bonds is 7. The molecule has 0 fully saturated rings. The Morgan fingerprint density at radius 2 is 2.04 bits per heavy atom. The van der Waals surface area contributed by atoms with Crippen molar-refractivity contribution in [1.82, 2.24) is 20.1 Å². The Labute approximate surface area is 135 Å². The summed E-state index contributed by atoms with van der Waals surface area (Å²) >= 11 is 0. The normalized spacial score (nSPS) is 12.2. The van der Waals surface area contributed by atoms with Crippen LogP contribution in [-0.2, 0) is 17.8 Å². The van der Waals surface area contributed by atoms with Crippen LogP contribution in [0.15, 0.2) is 24.3 Å². The highest BCUT2D eigenvalue weighted by molar-refractivity contribution is 5.73. The standard InChI is InChI=1S/C17H23FN4O/c1-4-5-10-22-16(11-12(2)19-13(3)23)20-17(21-22)14-6-8-15(18)9-7-14/h6-9,12H,4-5,10-11H2,1-3H3,(H,19,23). The molecule has 1 unspecified atom stereocenters. The number of nitrogens with zero attached hydrogens (tertiary/aromatic N) is 3. The zero-order valence-corrected chi connectivity index (χ0v) is 13.8. The summed E-state index contributed by atoms with van der Waals surface area (Å²) in [6.07, 6.45) is 2.68. The van der Waals surface area contributed by atoms with Crippen LogP contribution in [-0.4, -0.2) is 26.7 Å². The molecular formula is C17H23FN4O. The maximum atomic E-state index is 13.1. The van der Waals surface area contributed by atoms with E-state index in [1.165, 1.54) is 19.1 Å². The Morgan fingerprint density at radius 3 is 2.65 bits per heavy atom. The zero-order valence-electron chi connectivity index (χ0n) is 13.8. The third-order valence-electron chi connectivity index (χ3n) is 3.51. The van der Waals surface area contributed by atoms with Crippen LogP contribution < -0.4 is 5.32 Å². The number of halogens is 1. The van der Waals surface area contributed by atoms with Gasteiger partial charge in [0.1, 0.15) is 11.6 Å². The minimum Gasteiger partial charge on any atom is -0.353 e. The molecule has 6 heteroatoms. The summed E-state index contributed by atoms with van der Waals surface area (Å²) in [5, 5.41) is 7.41. The molecule has 1 aromatic heterocycles. The van der Waals surface area contributed by atoms with Gasteiger partial charge in [-0.15, -0.1) is 0 Å². The van der Waals surface area contributed by atoms with E-state index < -0.39 is 0 Å². The first-order valence-electron chi connectivity index (χ1n) is 7.96. The molecule has 1 aromatic carbocycles. The summed E-state index contributed by atoms with van der Waals surface area (Å²) in [5.41, 5.74) is 0.787. The molecular weight excluding hydrogens is 295 g/mol. The van der Waals surface area contributed by atoms with E-state index in [-0.39, 0.29) is 17.8 Å². The van der Waals surface area contributed by atoms with Gasteiger partial charge in [-0.05, 0) is 37.6 Å². The van der Waals surface area contributed by atoms with Crippen molar-refractivity contribution in [2.45, 2.75) is 52.6 Å². The van der Waals surface area contributed by atoms with Gasteiger partial charge in [0, 0.05) is 31.5 Å². The molecule has 23 heavy (non-hydrogen) atoms. The number of amides is 1. The smallest absolute Gasteiger partial charge is 0.217 e. The van der Waals surface area contributed by atoms with Gasteiger partial charge in [0.15, 0.2) is 5.82 Å². The molecule has 0 saturated heterocycles. The fourth-order valence-electron chi connectivity index (χ4n) is 2.41. The molecule has 1 heterocycles. The average Bonchev–Trinajstić information content (AvgIpc) is 2.87. The highest BCUT2D eigenvalue weighted by Gasteiger charge is 2.15. The summed E-state index contributed by atoms with van der Waals surface area (Å²) in [7, 11) is 0. The summed E-state index contributed by atoms with van der Waals surface area (Å²) in [6, 6.07) is 6.15. The molecule has 1 N–H and O–H groups in total. The molecule has 0 radical (unpaired) electrons. The largest absolute Gasteiger partial charge is 0.353 e. The van der Waals surface area contributed by atoms with Crippen molar-refractivity contribution in [3.8, 4) is 11.4 Å². The molecule has 0 aliphatic heterocycles. The van der Waals surface area contributed by atoms with Crippen molar-refractivity contribution in [3.63, 3.8) is 0 Å². The Hall–Kier alpha value is -2.24. The van der Waals surface area contributed by atoms with Crippen molar-refractivity contribution in [1.29, 1.82) is 0 Å². The first-order valence-corrected chi connectivity index (χ1v) is 7.96. The molecule has 0 aliphatic carbocycles. The van der Waals surface area contributed by atoms with Gasteiger partial charge in [-0.25, -0.2) is 14.1 Å². The number of carbonyl (C=O) groups is 1. The summed E-state index contributed by atoms with van der Waals surface area (Å²) < 4.78 is 15.0. The van der Waals surface area contributed by atoms with Crippen molar-refractivity contribution in [2.75, 3.05) is 0 Å². The first kappa shape index (κ1) is 17.1. The molecule has 2 rings (SSSR count). The topological polar surface area (TPSA) is 59.8 Å². The minimum absolute atomic E-state index is 0.0156. The second-order valence-electron chi connectivity index (χ2n) is 5.74. The van der Waals surface area contributed by atoms with Crippen LogP contribution in [0, 0.1) is 5.82 Å². The van der Waals surface area contributed by atoms with E-state index in [0.29, 0.717) is 12.2 Å². The van der Waals surface area contributed by atoms with Gasteiger partial charge in [0.05, 0.1) is 0 Å². The van der Waals surface area contributed by atoms with E-state index in [9.17, 15) is 9.18 Å². The van der Waals surface area contributed by atoms with Gasteiger partial charge in [-0.1, -0.05) is 13.3 Å². The van der Waals surface area contributed by atoms with Crippen LogP contribution in [0.5, 0.6) is 0 Å². The van der Waals surface area contributed by atoms with E-state index in [4.69, 9.17) is 0 Å². The number of carbonyl (C=O) groups excluding carboxylic acids is 1. The lowest BCUT2D eigenvalue weighted by atomic mass is 10.2. The molecule has 124 valence electrons. The lowest BCUT2D eigenvalue weighted by Gasteiger charge is -2.12. The predicted octanol–water partition coefficient (Wildman–Crippen LogP) is 2.95. The molecule has 0 aliphatic rings. The summed E-state index contributed by atoms with van der Waals surface area (Å²) in [6.45, 7) is 6.35. The van der Waals surface area contributed by atoms with E-state index in [1.807, 2.05) is 11.6 Å². The Bertz CT molecular complexity index is 651. The predicted molar refractivity (Wildman–Crippen MR) is 87.3 cm³/mol. The second kappa shape index (κ2) is 7.85. The van der Waals surface area contributed by atoms with Gasteiger partial charge in [0.25, 0.3) is 0 Å². The second-order valence-corrected chi connectivity index (χ2v) is 5.74. The first-order chi connectivity index (χ1) is 11.0. The van der Waals surface area contributed by atoms with E-state index in [1.54, 1.807) is 12.1 Å². The van der Waals surface area contributed by atoms with Crippen LogP contribution >= 0.6 is 0 Å². The van der Waals surface area contributed by atoms with Crippen LogP contribution in [0.4, 0.5) is 4.39 Å². The van der Waals surface area contributed by atoms with Crippen LogP contribution in [0.25, 0.3) is 11.4 Å². The number of aryl methyl sites for hydroxylation is 1. The Kier molecular flexibility index (Phi) is 5.84. The van der Waals surface area contributed by atoms with E-state index in [0.717, 1.165) is 30.8 Å². The third-order valence-corrected chi connectivity index (χ3v) is 3.51. The maximum Gasteiger partial charge on any atom is 0.217 e.